The maximum Gasteiger partial charge on any atom is 0.410 e. The minimum Gasteiger partial charge on any atom is -0.482 e. The van der Waals surface area contributed by atoms with E-state index < -0.39 is 53.1 Å². The Morgan fingerprint density at radius 1 is 0.804 bits per heavy atom. The quantitative estimate of drug-likeness (QED) is 0.208. The van der Waals surface area contributed by atoms with Gasteiger partial charge in [0, 0.05) is 17.5 Å². The summed E-state index contributed by atoms with van der Waals surface area (Å²) in [6.45, 7) is 15.4. The highest BCUT2D eigenvalue weighted by molar-refractivity contribution is 7.14. The number of Topliss-reactive ketones (excluding diaryl/α,β-unsaturated/α-hetero) is 1. The van der Waals surface area contributed by atoms with Crippen molar-refractivity contribution in [3.63, 3.8) is 0 Å². The van der Waals surface area contributed by atoms with Gasteiger partial charge in [-0.25, -0.2) is 14.4 Å². The van der Waals surface area contributed by atoms with E-state index in [9.17, 15) is 24.0 Å². The maximum atomic E-state index is 13.3. The first kappa shape index (κ1) is 36.3. The third-order valence-corrected chi connectivity index (χ3v) is 7.18. The van der Waals surface area contributed by atoms with Crippen molar-refractivity contribution in [3.8, 4) is 11.5 Å². The van der Waals surface area contributed by atoms with Crippen LogP contribution in [0.3, 0.4) is 0 Å². The molecule has 2 amide bonds. The fourth-order valence-corrected chi connectivity index (χ4v) is 5.31. The average molecular weight is 661 g/mol. The van der Waals surface area contributed by atoms with Crippen molar-refractivity contribution in [2.24, 2.45) is 0 Å². The van der Waals surface area contributed by atoms with Gasteiger partial charge in [-0.1, -0.05) is 0 Å². The van der Waals surface area contributed by atoms with Crippen LogP contribution in [0.4, 0.5) is 4.79 Å². The highest BCUT2D eigenvalue weighted by Crippen LogP contribution is 2.30. The van der Waals surface area contributed by atoms with E-state index >= 15 is 0 Å². The number of fused-ring (bicyclic) bond motifs is 1. The molecule has 3 rings (SSSR count). The molecule has 12 nitrogen and oxygen atoms in total. The number of ketones is 1. The van der Waals surface area contributed by atoms with Crippen molar-refractivity contribution in [1.82, 2.24) is 10.2 Å². The lowest BCUT2D eigenvalue weighted by Crippen LogP contribution is -2.39. The molecule has 252 valence electrons. The second-order valence-electron chi connectivity index (χ2n) is 13.7. The summed E-state index contributed by atoms with van der Waals surface area (Å²) >= 11 is 1.32. The van der Waals surface area contributed by atoms with E-state index in [1.807, 2.05) is 0 Å². The number of amides is 2. The zero-order valence-electron chi connectivity index (χ0n) is 28.0. The number of nitrogens with one attached hydrogen (secondary N) is 1. The highest BCUT2D eigenvalue weighted by Gasteiger charge is 2.28. The molecule has 1 aliphatic heterocycles. The van der Waals surface area contributed by atoms with Crippen molar-refractivity contribution in [2.75, 3.05) is 26.3 Å². The molecular weight excluding hydrogens is 616 g/mol. The molecule has 0 bridgehead atoms. The van der Waals surface area contributed by atoms with Crippen LogP contribution in [0.2, 0.25) is 0 Å². The van der Waals surface area contributed by atoms with Crippen LogP contribution in [-0.4, -0.2) is 77.7 Å². The summed E-state index contributed by atoms with van der Waals surface area (Å²) in [6.07, 6.45) is 0.179. The van der Waals surface area contributed by atoms with Crippen molar-refractivity contribution in [2.45, 2.75) is 92.1 Å². The summed E-state index contributed by atoms with van der Waals surface area (Å²) < 4.78 is 27.2. The number of esters is 2. The minimum atomic E-state index is -0.739. The van der Waals surface area contributed by atoms with Gasteiger partial charge in [-0.15, -0.1) is 11.3 Å². The van der Waals surface area contributed by atoms with Gasteiger partial charge in [0.25, 0.3) is 5.91 Å². The van der Waals surface area contributed by atoms with Crippen LogP contribution in [0.25, 0.3) is 0 Å². The van der Waals surface area contributed by atoms with E-state index in [1.165, 1.54) is 29.5 Å². The molecule has 0 saturated carbocycles. The molecule has 1 N–H and O–H groups in total. The molecule has 0 fully saturated rings. The summed E-state index contributed by atoms with van der Waals surface area (Å²) in [4.78, 5) is 66.2. The van der Waals surface area contributed by atoms with Gasteiger partial charge in [0.1, 0.15) is 28.3 Å². The van der Waals surface area contributed by atoms with Crippen molar-refractivity contribution >= 4 is 41.1 Å². The lowest BCUT2D eigenvalue weighted by Gasteiger charge is -2.29. The van der Waals surface area contributed by atoms with E-state index in [4.69, 9.17) is 23.7 Å². The largest absolute Gasteiger partial charge is 0.482 e. The Labute approximate surface area is 273 Å². The summed E-state index contributed by atoms with van der Waals surface area (Å²) in [7, 11) is 0. The van der Waals surface area contributed by atoms with E-state index in [2.05, 4.69) is 5.32 Å². The molecule has 1 aliphatic rings. The van der Waals surface area contributed by atoms with Gasteiger partial charge in [0.05, 0.1) is 23.5 Å². The fraction of sp³-hybridized carbons (Fsp3) is 0.545. The van der Waals surface area contributed by atoms with Crippen LogP contribution in [0.15, 0.2) is 24.3 Å². The van der Waals surface area contributed by atoms with Crippen LogP contribution in [-0.2, 0) is 36.8 Å². The number of carbonyl (C=O) groups is 5. The Morgan fingerprint density at radius 2 is 1.39 bits per heavy atom. The van der Waals surface area contributed by atoms with Gasteiger partial charge in [-0.05, 0) is 92.5 Å². The van der Waals surface area contributed by atoms with Gasteiger partial charge in [0.2, 0.25) is 0 Å². The SMILES string of the molecule is CC(C)(C)OC(=O)COc1ccc(C(=O)CNC(=O)c2cc3c(s2)CCN(C(=O)OC(C)(C)C)C3)c(OCC(=O)OC(C)(C)C)c1. The Balaban J connectivity index is 1.68. The van der Waals surface area contributed by atoms with Gasteiger partial charge >= 0.3 is 18.0 Å². The molecule has 2 aromatic rings. The monoisotopic (exact) mass is 660 g/mol. The predicted molar refractivity (Wildman–Crippen MR) is 170 cm³/mol. The molecule has 0 spiro atoms. The number of nitrogens with zero attached hydrogens (tertiary/aromatic N) is 1. The van der Waals surface area contributed by atoms with Crippen LogP contribution in [0.5, 0.6) is 11.5 Å². The van der Waals surface area contributed by atoms with E-state index in [-0.39, 0.29) is 30.2 Å². The van der Waals surface area contributed by atoms with E-state index in [0.717, 1.165) is 10.4 Å². The third-order valence-electron chi connectivity index (χ3n) is 5.95. The lowest BCUT2D eigenvalue weighted by molar-refractivity contribution is -0.158. The molecular formula is C33H44N2O10S. The molecule has 1 aromatic heterocycles. The molecule has 13 heteroatoms. The topological polar surface area (TPSA) is 147 Å². The Hall–Kier alpha value is -4.13. The molecule has 0 aliphatic carbocycles. The summed E-state index contributed by atoms with van der Waals surface area (Å²) in [5.74, 6) is -1.94. The molecule has 0 saturated heterocycles. The van der Waals surface area contributed by atoms with Gasteiger partial charge in [-0.3, -0.25) is 9.59 Å². The third kappa shape index (κ3) is 11.7. The summed E-state index contributed by atoms with van der Waals surface area (Å²) in [5, 5.41) is 2.65. The van der Waals surface area contributed by atoms with Crippen LogP contribution in [0.1, 0.15) is 92.8 Å². The van der Waals surface area contributed by atoms with Gasteiger partial charge in [-0.2, -0.15) is 0 Å². The molecule has 0 radical (unpaired) electrons. The first-order valence-corrected chi connectivity index (χ1v) is 15.7. The fourth-order valence-electron chi connectivity index (χ4n) is 4.23. The number of rotatable bonds is 10. The Morgan fingerprint density at radius 3 is 1.98 bits per heavy atom. The van der Waals surface area contributed by atoms with Crippen LogP contribution < -0.4 is 14.8 Å². The number of ether oxygens (including phenoxy) is 5. The number of hydrogen-bond acceptors (Lipinski definition) is 11. The van der Waals surface area contributed by atoms with Crippen LogP contribution >= 0.6 is 11.3 Å². The lowest BCUT2D eigenvalue weighted by atomic mass is 10.1. The number of thiophene rings is 1. The Kier molecular flexibility index (Phi) is 11.5. The van der Waals surface area contributed by atoms with Crippen LogP contribution in [0, 0.1) is 0 Å². The van der Waals surface area contributed by atoms with Gasteiger partial charge < -0.3 is 33.9 Å². The molecule has 0 unspecified atom stereocenters. The number of benzene rings is 1. The molecule has 2 heterocycles. The maximum absolute atomic E-state index is 13.3. The average Bonchev–Trinajstić information content (AvgIpc) is 3.34. The zero-order chi connectivity index (χ0) is 34.4. The van der Waals surface area contributed by atoms with Gasteiger partial charge in [0.15, 0.2) is 19.0 Å². The molecule has 1 aromatic carbocycles. The number of carbonyl (C=O) groups excluding carboxylic acids is 5. The van der Waals surface area contributed by atoms with Crippen molar-refractivity contribution in [1.29, 1.82) is 0 Å². The molecule has 0 atom stereocenters. The first-order valence-electron chi connectivity index (χ1n) is 14.9. The molecule has 46 heavy (non-hydrogen) atoms. The van der Waals surface area contributed by atoms with E-state index in [0.29, 0.717) is 24.4 Å². The smallest absolute Gasteiger partial charge is 0.410 e. The Bertz CT molecular complexity index is 1460. The standard InChI is InChI=1S/C33H44N2O10S/c1-31(2,3)43-27(37)18-41-21-10-11-22(24(15-21)42-19-28(38)44-32(4,5)6)23(36)16-34-29(39)26-14-20-17-35(13-12-25(20)46-26)30(40)45-33(7,8)9/h10-11,14-15H,12-13,16-19H2,1-9H3,(H,34,39). The van der Waals surface area contributed by atoms with Crippen molar-refractivity contribution in [3.05, 3.63) is 45.1 Å². The minimum absolute atomic E-state index is 0.0145. The zero-order valence-corrected chi connectivity index (χ0v) is 28.8. The number of hydrogen-bond donors (Lipinski definition) is 1. The first-order chi connectivity index (χ1) is 21.2. The highest BCUT2D eigenvalue weighted by atomic mass is 32.1. The summed E-state index contributed by atoms with van der Waals surface area (Å²) in [6, 6.07) is 6.01. The van der Waals surface area contributed by atoms with Crippen molar-refractivity contribution < 1.29 is 47.7 Å². The normalized spacial score (nSPS) is 13.3. The second kappa shape index (κ2) is 14.5. The summed E-state index contributed by atoms with van der Waals surface area (Å²) in [5.41, 5.74) is -1.09. The second-order valence-corrected chi connectivity index (χ2v) is 14.9. The predicted octanol–water partition coefficient (Wildman–Crippen LogP) is 5.10. The van der Waals surface area contributed by atoms with E-state index in [1.54, 1.807) is 73.3 Å².